The number of β-amino-alcohol motifs (C(OH)–C–C–N with tert-alkyl or cyclic N) is 1. The second kappa shape index (κ2) is 9.74. The average molecular weight is 410 g/mol. The summed E-state index contributed by atoms with van der Waals surface area (Å²) in [6.45, 7) is 11.4. The number of aliphatic hydroxyl groups is 1. The van der Waals surface area contributed by atoms with Gasteiger partial charge in [-0.05, 0) is 46.0 Å². The van der Waals surface area contributed by atoms with Crippen LogP contribution < -0.4 is 4.74 Å². The molecule has 156 valence electrons. The molecule has 1 unspecified atom stereocenters. The molecule has 28 heavy (non-hydrogen) atoms. The summed E-state index contributed by atoms with van der Waals surface area (Å²) in [6.07, 6.45) is -0.529. The van der Waals surface area contributed by atoms with Gasteiger partial charge in [0.15, 0.2) is 5.78 Å². The van der Waals surface area contributed by atoms with Gasteiger partial charge in [0.1, 0.15) is 18.5 Å². The number of hydrogen-bond donors (Lipinski definition) is 1. The van der Waals surface area contributed by atoms with Crippen LogP contribution in [0.3, 0.4) is 0 Å². The first kappa shape index (κ1) is 22.7. The summed E-state index contributed by atoms with van der Waals surface area (Å²) in [6, 6.07) is 5.84. The van der Waals surface area contributed by atoms with Crippen molar-refractivity contribution in [3.63, 3.8) is 0 Å². The fourth-order valence-electron chi connectivity index (χ4n) is 3.98. The van der Waals surface area contributed by atoms with Gasteiger partial charge >= 0.3 is 0 Å². The quantitative estimate of drug-likeness (QED) is 0.712. The zero-order chi connectivity index (χ0) is 19.6. The van der Waals surface area contributed by atoms with Gasteiger partial charge in [0.2, 0.25) is 0 Å². The molecule has 0 bridgehead atoms. The molecule has 1 saturated heterocycles. The van der Waals surface area contributed by atoms with Crippen LogP contribution in [-0.4, -0.2) is 77.7 Å². The molecule has 1 aromatic carbocycles. The topological polar surface area (TPSA) is 57.9 Å². The first-order valence-electron chi connectivity index (χ1n) is 9.76. The normalized spacial score (nSPS) is 16.8. The van der Waals surface area contributed by atoms with E-state index in [9.17, 15) is 9.90 Å². The SMILES string of the molecule is CCn1c(C)c(C(C)=O)c2cc(OCC(O)CN3CCN(C)CC3)ccc21.Cl. The van der Waals surface area contributed by atoms with E-state index in [0.29, 0.717) is 12.3 Å². The van der Waals surface area contributed by atoms with Crippen molar-refractivity contribution in [2.24, 2.45) is 0 Å². The number of aliphatic hydroxyl groups excluding tert-OH is 1. The summed E-state index contributed by atoms with van der Waals surface area (Å²) >= 11 is 0. The molecule has 0 amide bonds. The van der Waals surface area contributed by atoms with E-state index in [0.717, 1.165) is 54.9 Å². The lowest BCUT2D eigenvalue weighted by atomic mass is 10.1. The molecule has 2 heterocycles. The second-order valence-electron chi connectivity index (χ2n) is 7.51. The number of ether oxygens (including phenoxy) is 1. The number of rotatable bonds is 7. The van der Waals surface area contributed by atoms with E-state index in [1.54, 1.807) is 6.92 Å². The van der Waals surface area contributed by atoms with Crippen molar-refractivity contribution >= 4 is 29.1 Å². The van der Waals surface area contributed by atoms with Crippen molar-refractivity contribution in [3.05, 3.63) is 29.5 Å². The van der Waals surface area contributed by atoms with Crippen LogP contribution in [-0.2, 0) is 6.54 Å². The number of fused-ring (bicyclic) bond motifs is 1. The second-order valence-corrected chi connectivity index (χ2v) is 7.51. The molecule has 0 radical (unpaired) electrons. The van der Waals surface area contributed by atoms with Crippen LogP contribution in [0.5, 0.6) is 5.75 Å². The Morgan fingerprint density at radius 3 is 2.54 bits per heavy atom. The van der Waals surface area contributed by atoms with Crippen molar-refractivity contribution in [1.29, 1.82) is 0 Å². The zero-order valence-electron chi connectivity index (χ0n) is 17.3. The van der Waals surface area contributed by atoms with Crippen molar-refractivity contribution in [2.45, 2.75) is 33.4 Å². The van der Waals surface area contributed by atoms with Gasteiger partial charge in [-0.2, -0.15) is 0 Å². The number of nitrogens with zero attached hydrogens (tertiary/aromatic N) is 3. The number of piperazine rings is 1. The molecule has 0 spiro atoms. The van der Waals surface area contributed by atoms with E-state index < -0.39 is 6.10 Å². The van der Waals surface area contributed by atoms with Gasteiger partial charge < -0.3 is 19.3 Å². The summed E-state index contributed by atoms with van der Waals surface area (Å²) in [7, 11) is 2.12. The van der Waals surface area contributed by atoms with E-state index in [1.807, 2.05) is 25.1 Å². The van der Waals surface area contributed by atoms with Gasteiger partial charge in [-0.1, -0.05) is 0 Å². The van der Waals surface area contributed by atoms with Crippen molar-refractivity contribution in [1.82, 2.24) is 14.4 Å². The Balaban J connectivity index is 0.00000280. The Morgan fingerprint density at radius 1 is 1.25 bits per heavy atom. The molecular weight excluding hydrogens is 378 g/mol. The van der Waals surface area contributed by atoms with E-state index in [2.05, 4.69) is 28.3 Å². The van der Waals surface area contributed by atoms with Gasteiger partial charge in [-0.25, -0.2) is 0 Å². The Morgan fingerprint density at radius 2 is 1.93 bits per heavy atom. The van der Waals surface area contributed by atoms with Crippen LogP contribution in [0, 0.1) is 6.92 Å². The molecule has 1 N–H and O–H groups in total. The van der Waals surface area contributed by atoms with Crippen molar-refractivity contribution in [3.8, 4) is 5.75 Å². The largest absolute Gasteiger partial charge is 0.491 e. The minimum absolute atomic E-state index is 0. The number of carbonyl (C=O) groups is 1. The molecular formula is C21H32ClN3O3. The van der Waals surface area contributed by atoms with E-state index in [-0.39, 0.29) is 24.8 Å². The zero-order valence-corrected chi connectivity index (χ0v) is 18.1. The predicted molar refractivity (Wildman–Crippen MR) is 115 cm³/mol. The summed E-state index contributed by atoms with van der Waals surface area (Å²) < 4.78 is 8.00. The lowest BCUT2D eigenvalue weighted by molar-refractivity contribution is 0.0505. The van der Waals surface area contributed by atoms with Gasteiger partial charge in [0.25, 0.3) is 0 Å². The van der Waals surface area contributed by atoms with E-state index in [4.69, 9.17) is 4.74 Å². The molecule has 1 aromatic heterocycles. The highest BCUT2D eigenvalue weighted by Gasteiger charge is 2.19. The molecule has 1 aliphatic heterocycles. The van der Waals surface area contributed by atoms with Crippen LogP contribution in [0.1, 0.15) is 29.9 Å². The summed E-state index contributed by atoms with van der Waals surface area (Å²) in [4.78, 5) is 16.7. The minimum atomic E-state index is -0.529. The van der Waals surface area contributed by atoms with Crippen LogP contribution in [0.25, 0.3) is 10.9 Å². The first-order valence-corrected chi connectivity index (χ1v) is 9.76. The number of Topliss-reactive ketones (excluding diaryl/α,β-unsaturated/α-hetero) is 1. The molecule has 0 aliphatic carbocycles. The Kier molecular flexibility index (Phi) is 7.89. The maximum absolute atomic E-state index is 12.1. The fourth-order valence-corrected chi connectivity index (χ4v) is 3.98. The molecule has 3 rings (SSSR count). The number of hydrogen-bond acceptors (Lipinski definition) is 5. The van der Waals surface area contributed by atoms with E-state index >= 15 is 0 Å². The number of aryl methyl sites for hydroxylation is 1. The number of benzene rings is 1. The summed E-state index contributed by atoms with van der Waals surface area (Å²) in [5, 5.41) is 11.3. The standard InChI is InChI=1S/C21H31N3O3.ClH/c1-5-24-15(2)21(16(3)25)19-12-18(6-7-20(19)24)27-14-17(26)13-23-10-8-22(4)9-11-23;/h6-7,12,17,26H,5,8-11,13-14H2,1-4H3;1H. The van der Waals surface area contributed by atoms with Gasteiger partial charge in [0, 0.05) is 61.4 Å². The molecule has 1 aliphatic rings. The Bertz CT molecular complexity index is 813. The van der Waals surface area contributed by atoms with Crippen molar-refractivity contribution < 1.29 is 14.6 Å². The number of aromatic nitrogens is 1. The van der Waals surface area contributed by atoms with Crippen molar-refractivity contribution in [2.75, 3.05) is 46.4 Å². The third kappa shape index (κ3) is 4.87. The van der Waals surface area contributed by atoms with E-state index in [1.165, 1.54) is 0 Å². The van der Waals surface area contributed by atoms with Crippen LogP contribution in [0.2, 0.25) is 0 Å². The smallest absolute Gasteiger partial charge is 0.162 e. The lowest BCUT2D eigenvalue weighted by Gasteiger charge is -2.33. The minimum Gasteiger partial charge on any atom is -0.491 e. The number of likely N-dealkylation sites (N-methyl/N-ethyl adjacent to an activating group) is 1. The third-order valence-corrected chi connectivity index (χ3v) is 5.47. The first-order chi connectivity index (χ1) is 12.9. The highest BCUT2D eigenvalue weighted by Crippen LogP contribution is 2.30. The maximum Gasteiger partial charge on any atom is 0.162 e. The fraction of sp³-hybridized carbons (Fsp3) is 0.571. The highest BCUT2D eigenvalue weighted by molar-refractivity contribution is 6.08. The maximum atomic E-state index is 12.1. The Labute approximate surface area is 173 Å². The molecule has 1 fully saturated rings. The lowest BCUT2D eigenvalue weighted by Crippen LogP contribution is -2.47. The third-order valence-electron chi connectivity index (χ3n) is 5.47. The number of carbonyl (C=O) groups excluding carboxylic acids is 1. The van der Waals surface area contributed by atoms with Crippen LogP contribution in [0.4, 0.5) is 0 Å². The molecule has 0 saturated carbocycles. The van der Waals surface area contributed by atoms with Gasteiger partial charge in [0.05, 0.1) is 0 Å². The average Bonchev–Trinajstić information content (AvgIpc) is 2.92. The molecule has 2 aromatic rings. The van der Waals surface area contributed by atoms with Crippen LogP contribution >= 0.6 is 12.4 Å². The molecule has 6 nitrogen and oxygen atoms in total. The molecule has 1 atom stereocenters. The summed E-state index contributed by atoms with van der Waals surface area (Å²) in [5.41, 5.74) is 2.80. The highest BCUT2D eigenvalue weighted by atomic mass is 35.5. The van der Waals surface area contributed by atoms with Gasteiger partial charge in [-0.3, -0.25) is 9.69 Å². The summed E-state index contributed by atoms with van der Waals surface area (Å²) in [5.74, 6) is 0.757. The monoisotopic (exact) mass is 409 g/mol. The Hall–Kier alpha value is -1.60. The van der Waals surface area contributed by atoms with Gasteiger partial charge in [-0.15, -0.1) is 12.4 Å². The number of ketones is 1. The number of halogens is 1. The molecule has 7 heteroatoms. The predicted octanol–water partition coefficient (Wildman–Crippen LogP) is 2.58. The van der Waals surface area contributed by atoms with Crippen LogP contribution in [0.15, 0.2) is 18.2 Å².